The van der Waals surface area contributed by atoms with Crippen molar-refractivity contribution in [2.24, 2.45) is 0 Å². The molecule has 0 atom stereocenters. The van der Waals surface area contributed by atoms with Gasteiger partial charge in [-0.3, -0.25) is 0 Å². The average Bonchev–Trinajstić information content (AvgIpc) is 2.82. The van der Waals surface area contributed by atoms with Crippen LogP contribution in [0, 0.1) is 14.9 Å². The molecule has 5 nitrogen and oxygen atoms in total. The van der Waals surface area contributed by atoms with E-state index in [1.807, 2.05) is 20.8 Å². The first-order chi connectivity index (χ1) is 9.31. The molecule has 0 radical (unpaired) electrons. The molecule has 0 unspecified atom stereocenters. The molecule has 7 heteroatoms. The molecule has 0 spiro atoms. The molecular weight excluding hydrogens is 387 g/mol. The Kier molecular flexibility index (Phi) is 4.15. The zero-order valence-corrected chi connectivity index (χ0v) is 14.2. The van der Waals surface area contributed by atoms with E-state index < -0.39 is 0 Å². The Morgan fingerprint density at radius 3 is 2.60 bits per heavy atom. The third-order valence-electron chi connectivity index (χ3n) is 2.47. The minimum atomic E-state index is -0.124. The van der Waals surface area contributed by atoms with Gasteiger partial charge in [-0.2, -0.15) is 14.6 Å². The Balaban J connectivity index is 2.32. The summed E-state index contributed by atoms with van der Waals surface area (Å²) in [6, 6.07) is 5.36. The molecule has 1 heterocycles. The summed E-state index contributed by atoms with van der Waals surface area (Å²) in [5.41, 5.74) is 6.71. The van der Waals surface area contributed by atoms with Crippen LogP contribution in [-0.2, 0) is 5.41 Å². The van der Waals surface area contributed by atoms with E-state index in [1.54, 1.807) is 12.1 Å². The minimum Gasteiger partial charge on any atom is -0.426 e. The monoisotopic (exact) mass is 400 g/mol. The summed E-state index contributed by atoms with van der Waals surface area (Å²) in [6.07, 6.45) is 0. The molecule has 0 saturated carbocycles. The highest BCUT2D eigenvalue weighted by atomic mass is 127. The molecule has 0 saturated heterocycles. The van der Waals surface area contributed by atoms with Crippen LogP contribution in [-0.4, -0.2) is 9.36 Å². The molecule has 0 amide bonds. The number of nitriles is 1. The molecular formula is C13H13IN4OS. The van der Waals surface area contributed by atoms with E-state index in [-0.39, 0.29) is 5.41 Å². The van der Waals surface area contributed by atoms with Gasteiger partial charge in [0, 0.05) is 16.9 Å². The number of benzene rings is 1. The van der Waals surface area contributed by atoms with Crippen molar-refractivity contribution in [3.8, 4) is 17.0 Å². The maximum Gasteiger partial charge on any atom is 0.298 e. The lowest BCUT2D eigenvalue weighted by molar-refractivity contribution is 0.467. The molecule has 2 N–H and O–H groups in total. The third-order valence-corrected chi connectivity index (χ3v) is 3.87. The average molecular weight is 400 g/mol. The lowest BCUT2D eigenvalue weighted by atomic mass is 9.96. The van der Waals surface area contributed by atoms with Crippen LogP contribution in [0.4, 0.5) is 5.69 Å². The van der Waals surface area contributed by atoms with Gasteiger partial charge in [0.1, 0.15) is 0 Å². The number of hydrogen-bond acceptors (Lipinski definition) is 6. The highest BCUT2D eigenvalue weighted by molar-refractivity contribution is 14.1. The second-order valence-corrected chi connectivity index (χ2v) is 7.10. The van der Waals surface area contributed by atoms with Crippen LogP contribution in [0.1, 0.15) is 32.2 Å². The summed E-state index contributed by atoms with van der Waals surface area (Å²) in [5.74, 6) is 1.25. The van der Waals surface area contributed by atoms with Gasteiger partial charge < -0.3 is 10.5 Å². The molecule has 1 aromatic heterocycles. The van der Waals surface area contributed by atoms with Gasteiger partial charge in [-0.15, -0.1) is 0 Å². The van der Waals surface area contributed by atoms with E-state index in [0.717, 1.165) is 9.39 Å². The number of nitrogen functional groups attached to an aromatic ring is 1. The van der Waals surface area contributed by atoms with Crippen molar-refractivity contribution >= 4 is 39.8 Å². The van der Waals surface area contributed by atoms with Crippen molar-refractivity contribution in [1.29, 1.82) is 5.26 Å². The molecule has 0 aliphatic rings. The highest BCUT2D eigenvalue weighted by Crippen LogP contribution is 2.35. The fourth-order valence-electron chi connectivity index (χ4n) is 1.43. The lowest BCUT2D eigenvalue weighted by Gasteiger charge is -2.12. The zero-order chi connectivity index (χ0) is 14.9. The fourth-order valence-corrected chi connectivity index (χ4v) is 2.91. The molecule has 1 aromatic carbocycles. The number of ether oxygens (including phenoxy) is 1. The number of halogens is 1. The Labute approximate surface area is 135 Å². The van der Waals surface area contributed by atoms with Crippen molar-refractivity contribution in [1.82, 2.24) is 9.36 Å². The van der Waals surface area contributed by atoms with E-state index >= 15 is 0 Å². The van der Waals surface area contributed by atoms with Crippen LogP contribution in [0.5, 0.6) is 10.9 Å². The van der Waals surface area contributed by atoms with Crippen molar-refractivity contribution in [2.75, 3.05) is 5.73 Å². The van der Waals surface area contributed by atoms with E-state index in [1.165, 1.54) is 11.5 Å². The smallest absolute Gasteiger partial charge is 0.298 e. The van der Waals surface area contributed by atoms with Gasteiger partial charge >= 0.3 is 0 Å². The van der Waals surface area contributed by atoms with E-state index in [2.05, 4.69) is 38.0 Å². The fraction of sp³-hybridized carbons (Fsp3) is 0.308. The van der Waals surface area contributed by atoms with Gasteiger partial charge in [-0.25, -0.2) is 0 Å². The summed E-state index contributed by atoms with van der Waals surface area (Å²) in [6.45, 7) is 6.12. The van der Waals surface area contributed by atoms with Crippen LogP contribution in [0.3, 0.4) is 0 Å². The molecule has 0 aliphatic heterocycles. The first kappa shape index (κ1) is 15.0. The van der Waals surface area contributed by atoms with Gasteiger partial charge in [0.05, 0.1) is 20.9 Å². The van der Waals surface area contributed by atoms with Crippen LogP contribution >= 0.6 is 34.1 Å². The minimum absolute atomic E-state index is 0.124. The molecule has 20 heavy (non-hydrogen) atoms. The first-order valence-electron chi connectivity index (χ1n) is 5.82. The molecule has 0 fully saturated rings. The third kappa shape index (κ3) is 3.19. The molecule has 2 aromatic rings. The topological polar surface area (TPSA) is 84.8 Å². The Hall–Kier alpha value is -1.40. The quantitative estimate of drug-likeness (QED) is 0.614. The lowest BCUT2D eigenvalue weighted by Crippen LogP contribution is -2.13. The number of anilines is 1. The summed E-state index contributed by atoms with van der Waals surface area (Å²) >= 11 is 3.28. The van der Waals surface area contributed by atoms with Gasteiger partial charge in [-0.1, -0.05) is 20.8 Å². The van der Waals surface area contributed by atoms with E-state index in [0.29, 0.717) is 22.2 Å². The Bertz CT molecular complexity index is 661. The number of aromatic nitrogens is 2. The van der Waals surface area contributed by atoms with Gasteiger partial charge in [0.2, 0.25) is 0 Å². The zero-order valence-electron chi connectivity index (χ0n) is 11.3. The van der Waals surface area contributed by atoms with E-state index in [4.69, 9.17) is 15.7 Å². The van der Waals surface area contributed by atoms with Gasteiger partial charge in [0.15, 0.2) is 11.6 Å². The van der Waals surface area contributed by atoms with Crippen molar-refractivity contribution in [3.05, 3.63) is 27.1 Å². The predicted molar refractivity (Wildman–Crippen MR) is 87.0 cm³/mol. The predicted octanol–water partition coefficient (Wildman–Crippen LogP) is 3.69. The number of nitrogens with zero attached hydrogens (tertiary/aromatic N) is 3. The largest absolute Gasteiger partial charge is 0.426 e. The first-order valence-corrected chi connectivity index (χ1v) is 7.67. The standard InChI is InChI=1S/C13H13IN4OS/c1-13(2,3)11-17-12(20-18-11)19-10-8(14)4-7(6-15)5-9(10)16/h4-5H,16H2,1-3H3. The Morgan fingerprint density at radius 2 is 2.10 bits per heavy atom. The maximum absolute atomic E-state index is 8.89. The van der Waals surface area contributed by atoms with Crippen LogP contribution in [0.25, 0.3) is 0 Å². The summed E-state index contributed by atoms with van der Waals surface area (Å²) in [5, 5.41) is 9.34. The molecule has 0 bridgehead atoms. The van der Waals surface area contributed by atoms with Crippen LogP contribution in [0.2, 0.25) is 0 Å². The van der Waals surface area contributed by atoms with Crippen molar-refractivity contribution < 1.29 is 4.74 Å². The molecule has 0 aliphatic carbocycles. The van der Waals surface area contributed by atoms with E-state index in [9.17, 15) is 0 Å². The van der Waals surface area contributed by atoms with Crippen molar-refractivity contribution in [3.63, 3.8) is 0 Å². The van der Waals surface area contributed by atoms with Crippen LogP contribution in [0.15, 0.2) is 12.1 Å². The molecule has 2 rings (SSSR count). The SMILES string of the molecule is CC(C)(C)c1nsc(Oc2c(N)cc(C#N)cc2I)n1. The van der Waals surface area contributed by atoms with Crippen molar-refractivity contribution in [2.45, 2.75) is 26.2 Å². The second kappa shape index (κ2) is 5.54. The maximum atomic E-state index is 8.89. The summed E-state index contributed by atoms with van der Waals surface area (Å²) in [4.78, 5) is 4.36. The number of hydrogen-bond donors (Lipinski definition) is 1. The summed E-state index contributed by atoms with van der Waals surface area (Å²) < 4.78 is 10.8. The molecule has 104 valence electrons. The number of rotatable bonds is 2. The van der Waals surface area contributed by atoms with Crippen LogP contribution < -0.4 is 10.5 Å². The van der Waals surface area contributed by atoms with Gasteiger partial charge in [0.25, 0.3) is 5.19 Å². The Morgan fingerprint density at radius 1 is 1.40 bits per heavy atom. The second-order valence-electron chi connectivity index (χ2n) is 5.22. The summed E-state index contributed by atoms with van der Waals surface area (Å²) in [7, 11) is 0. The normalized spacial score (nSPS) is 11.2. The highest BCUT2D eigenvalue weighted by Gasteiger charge is 2.21. The number of nitrogens with two attached hydrogens (primary N) is 1. The van der Waals surface area contributed by atoms with Gasteiger partial charge in [-0.05, 0) is 34.7 Å².